The Hall–Kier alpha value is -2.50. The van der Waals surface area contributed by atoms with Crippen molar-refractivity contribution >= 4 is 0 Å². The summed E-state index contributed by atoms with van der Waals surface area (Å²) in [5.41, 5.74) is 2.08. The van der Waals surface area contributed by atoms with E-state index in [1.54, 1.807) is 4.68 Å². The number of aromatic nitrogens is 5. The molecule has 0 atom stereocenters. The molecule has 3 rings (SSSR count). The van der Waals surface area contributed by atoms with Crippen molar-refractivity contribution in [2.45, 2.75) is 27.3 Å². The molecule has 2 heterocycles. The van der Waals surface area contributed by atoms with Gasteiger partial charge in [0.15, 0.2) is 5.82 Å². The molecule has 20 heavy (non-hydrogen) atoms. The monoisotopic (exact) mass is 269 g/mol. The SMILES string of the molecule is Cc1cccc(-c2nc(Cn3nc(C)nc3C)no2)c1. The van der Waals surface area contributed by atoms with Crippen molar-refractivity contribution in [3.05, 3.63) is 47.3 Å². The minimum Gasteiger partial charge on any atom is -0.334 e. The van der Waals surface area contributed by atoms with E-state index in [0.29, 0.717) is 18.3 Å². The third-order valence-electron chi connectivity index (χ3n) is 2.99. The maximum atomic E-state index is 5.30. The first-order valence-electron chi connectivity index (χ1n) is 6.39. The van der Waals surface area contributed by atoms with E-state index in [1.807, 2.05) is 45.0 Å². The van der Waals surface area contributed by atoms with Crippen LogP contribution in [0, 0.1) is 20.8 Å². The van der Waals surface area contributed by atoms with Crippen LogP contribution in [0.1, 0.15) is 23.0 Å². The Kier molecular flexibility index (Phi) is 3.06. The largest absolute Gasteiger partial charge is 0.334 e. The Balaban J connectivity index is 1.85. The second-order valence-electron chi connectivity index (χ2n) is 4.75. The summed E-state index contributed by atoms with van der Waals surface area (Å²) < 4.78 is 7.07. The number of nitrogens with zero attached hydrogens (tertiary/aromatic N) is 5. The van der Waals surface area contributed by atoms with Crippen LogP contribution in [-0.2, 0) is 6.54 Å². The average molecular weight is 269 g/mol. The summed E-state index contributed by atoms with van der Waals surface area (Å²) in [5.74, 6) is 2.70. The maximum Gasteiger partial charge on any atom is 0.257 e. The molecule has 102 valence electrons. The fourth-order valence-corrected chi connectivity index (χ4v) is 2.06. The quantitative estimate of drug-likeness (QED) is 0.729. The summed E-state index contributed by atoms with van der Waals surface area (Å²) >= 11 is 0. The molecule has 2 aromatic heterocycles. The number of aryl methyl sites for hydroxylation is 3. The molecule has 0 spiro atoms. The van der Waals surface area contributed by atoms with Crippen LogP contribution < -0.4 is 0 Å². The van der Waals surface area contributed by atoms with Crippen LogP contribution in [0.3, 0.4) is 0 Å². The summed E-state index contributed by atoms with van der Waals surface area (Å²) in [6, 6.07) is 7.97. The summed E-state index contributed by atoms with van der Waals surface area (Å²) in [6.45, 7) is 6.25. The van der Waals surface area contributed by atoms with E-state index in [4.69, 9.17) is 4.52 Å². The first-order valence-corrected chi connectivity index (χ1v) is 6.39. The summed E-state index contributed by atoms with van der Waals surface area (Å²) in [7, 11) is 0. The Morgan fingerprint density at radius 3 is 2.70 bits per heavy atom. The van der Waals surface area contributed by atoms with Crippen LogP contribution >= 0.6 is 0 Å². The van der Waals surface area contributed by atoms with Crippen molar-refractivity contribution in [2.24, 2.45) is 0 Å². The van der Waals surface area contributed by atoms with Gasteiger partial charge in [-0.1, -0.05) is 22.9 Å². The number of hydrogen-bond acceptors (Lipinski definition) is 5. The van der Waals surface area contributed by atoms with Gasteiger partial charge in [-0.05, 0) is 32.9 Å². The van der Waals surface area contributed by atoms with Gasteiger partial charge >= 0.3 is 0 Å². The van der Waals surface area contributed by atoms with Gasteiger partial charge in [0.2, 0.25) is 0 Å². The van der Waals surface area contributed by atoms with Gasteiger partial charge in [-0.2, -0.15) is 10.1 Å². The predicted octanol–water partition coefficient (Wildman–Crippen LogP) is 2.30. The van der Waals surface area contributed by atoms with Crippen LogP contribution in [-0.4, -0.2) is 24.9 Å². The van der Waals surface area contributed by atoms with Gasteiger partial charge in [-0.25, -0.2) is 9.67 Å². The van der Waals surface area contributed by atoms with Crippen LogP contribution in [0.5, 0.6) is 0 Å². The molecule has 0 aliphatic rings. The van der Waals surface area contributed by atoms with Gasteiger partial charge < -0.3 is 4.52 Å². The fraction of sp³-hybridized carbons (Fsp3) is 0.286. The van der Waals surface area contributed by atoms with Crippen molar-refractivity contribution in [2.75, 3.05) is 0 Å². The molecular weight excluding hydrogens is 254 g/mol. The molecule has 0 bridgehead atoms. The molecule has 3 aromatic rings. The van der Waals surface area contributed by atoms with Gasteiger partial charge in [0.05, 0.1) is 0 Å². The lowest BCUT2D eigenvalue weighted by Crippen LogP contribution is -2.05. The molecule has 0 unspecified atom stereocenters. The van der Waals surface area contributed by atoms with Gasteiger partial charge in [0.25, 0.3) is 5.89 Å². The summed E-state index contributed by atoms with van der Waals surface area (Å²) in [4.78, 5) is 8.65. The van der Waals surface area contributed by atoms with Gasteiger partial charge in [0, 0.05) is 5.56 Å². The zero-order chi connectivity index (χ0) is 14.1. The molecule has 0 saturated heterocycles. The third-order valence-corrected chi connectivity index (χ3v) is 2.99. The molecule has 0 fully saturated rings. The van der Waals surface area contributed by atoms with E-state index in [9.17, 15) is 0 Å². The highest BCUT2D eigenvalue weighted by molar-refractivity contribution is 5.53. The third kappa shape index (κ3) is 2.45. The molecule has 0 saturated carbocycles. The molecule has 0 N–H and O–H groups in total. The molecule has 0 aliphatic heterocycles. The predicted molar refractivity (Wildman–Crippen MR) is 73.1 cm³/mol. The fourth-order valence-electron chi connectivity index (χ4n) is 2.06. The first-order chi connectivity index (χ1) is 9.61. The first kappa shape index (κ1) is 12.5. The van der Waals surface area contributed by atoms with E-state index < -0.39 is 0 Å². The summed E-state index contributed by atoms with van der Waals surface area (Å²) in [6.07, 6.45) is 0. The summed E-state index contributed by atoms with van der Waals surface area (Å²) in [5, 5.41) is 8.28. The number of hydrogen-bond donors (Lipinski definition) is 0. The van der Waals surface area contributed by atoms with Crippen molar-refractivity contribution < 1.29 is 4.52 Å². The Morgan fingerprint density at radius 2 is 2.00 bits per heavy atom. The molecule has 6 nitrogen and oxygen atoms in total. The maximum absolute atomic E-state index is 5.30. The van der Waals surface area contributed by atoms with E-state index in [-0.39, 0.29) is 0 Å². The minimum atomic E-state index is 0.460. The molecule has 0 amide bonds. The Labute approximate surface area is 116 Å². The highest BCUT2D eigenvalue weighted by atomic mass is 16.5. The molecule has 0 aliphatic carbocycles. The van der Waals surface area contributed by atoms with E-state index in [0.717, 1.165) is 22.8 Å². The van der Waals surface area contributed by atoms with Gasteiger partial charge in [-0.15, -0.1) is 0 Å². The highest BCUT2D eigenvalue weighted by Crippen LogP contribution is 2.18. The molecule has 0 radical (unpaired) electrons. The average Bonchev–Trinajstić information content (AvgIpc) is 2.97. The zero-order valence-corrected chi connectivity index (χ0v) is 11.7. The smallest absolute Gasteiger partial charge is 0.257 e. The normalized spacial score (nSPS) is 10.9. The second-order valence-corrected chi connectivity index (χ2v) is 4.75. The molecule has 1 aromatic carbocycles. The topological polar surface area (TPSA) is 69.6 Å². The van der Waals surface area contributed by atoms with Crippen molar-refractivity contribution in [3.8, 4) is 11.5 Å². The van der Waals surface area contributed by atoms with Crippen LogP contribution in [0.15, 0.2) is 28.8 Å². The second kappa shape index (κ2) is 4.88. The van der Waals surface area contributed by atoms with Gasteiger partial charge in [0.1, 0.15) is 18.2 Å². The van der Waals surface area contributed by atoms with E-state index in [2.05, 4.69) is 20.2 Å². The Morgan fingerprint density at radius 1 is 1.15 bits per heavy atom. The minimum absolute atomic E-state index is 0.460. The number of rotatable bonds is 3. The molecule has 6 heteroatoms. The van der Waals surface area contributed by atoms with Crippen molar-refractivity contribution in [3.63, 3.8) is 0 Å². The van der Waals surface area contributed by atoms with Crippen LogP contribution in [0.4, 0.5) is 0 Å². The highest BCUT2D eigenvalue weighted by Gasteiger charge is 2.11. The van der Waals surface area contributed by atoms with Gasteiger partial charge in [-0.3, -0.25) is 0 Å². The Bertz CT molecular complexity index is 744. The zero-order valence-electron chi connectivity index (χ0n) is 11.7. The lowest BCUT2D eigenvalue weighted by atomic mass is 10.1. The lowest BCUT2D eigenvalue weighted by molar-refractivity contribution is 0.418. The van der Waals surface area contributed by atoms with E-state index >= 15 is 0 Å². The van der Waals surface area contributed by atoms with Crippen LogP contribution in [0.2, 0.25) is 0 Å². The van der Waals surface area contributed by atoms with Crippen molar-refractivity contribution in [1.29, 1.82) is 0 Å². The van der Waals surface area contributed by atoms with Crippen LogP contribution in [0.25, 0.3) is 11.5 Å². The number of benzene rings is 1. The lowest BCUT2D eigenvalue weighted by Gasteiger charge is -1.97. The standard InChI is InChI=1S/C14H15N5O/c1-9-5-4-6-12(7-9)14-16-13(18-20-14)8-19-11(3)15-10(2)17-19/h4-7H,8H2,1-3H3. The van der Waals surface area contributed by atoms with Crippen molar-refractivity contribution in [1.82, 2.24) is 24.9 Å². The molecular formula is C14H15N5O. The van der Waals surface area contributed by atoms with E-state index in [1.165, 1.54) is 0 Å².